The largest absolute Gasteiger partial charge is 0.381 e. The minimum atomic E-state index is 0.447. The number of aromatic nitrogens is 1. The average molecular weight is 314 g/mol. The lowest BCUT2D eigenvalue weighted by atomic mass is 9.98. The fourth-order valence-electron chi connectivity index (χ4n) is 3.16. The van der Waals surface area contributed by atoms with E-state index < -0.39 is 0 Å². The van der Waals surface area contributed by atoms with Gasteiger partial charge in [0, 0.05) is 17.8 Å². The molecule has 0 saturated heterocycles. The van der Waals surface area contributed by atoms with Crippen LogP contribution in [-0.4, -0.2) is 11.3 Å². The predicted octanol–water partition coefficient (Wildman–Crippen LogP) is 4.75. The average Bonchev–Trinajstić information content (AvgIpc) is 2.91. The lowest BCUT2D eigenvalue weighted by Gasteiger charge is -2.22. The number of ether oxygens (including phenoxy) is 1. The van der Waals surface area contributed by atoms with Crippen molar-refractivity contribution < 1.29 is 9.26 Å². The first-order valence-electron chi connectivity index (χ1n) is 8.58. The summed E-state index contributed by atoms with van der Waals surface area (Å²) in [4.78, 5) is 0. The molecular weight excluding hydrogens is 288 g/mol. The Hall–Kier alpha value is -1.81. The maximum absolute atomic E-state index is 6.06. The summed E-state index contributed by atoms with van der Waals surface area (Å²) in [6, 6.07) is 8.46. The van der Waals surface area contributed by atoms with Crippen molar-refractivity contribution in [2.24, 2.45) is 0 Å². The van der Waals surface area contributed by atoms with Crippen LogP contribution in [0.5, 0.6) is 0 Å². The molecular formula is C19H26N2O2. The van der Waals surface area contributed by atoms with E-state index in [0.717, 1.165) is 29.2 Å². The molecule has 1 N–H and O–H groups in total. The van der Waals surface area contributed by atoms with Gasteiger partial charge in [0.05, 0.1) is 18.4 Å². The van der Waals surface area contributed by atoms with Crippen LogP contribution in [0.2, 0.25) is 0 Å². The van der Waals surface area contributed by atoms with Gasteiger partial charge in [-0.05, 0) is 44.4 Å². The highest BCUT2D eigenvalue weighted by Gasteiger charge is 2.13. The zero-order chi connectivity index (χ0) is 16.1. The molecule has 1 fully saturated rings. The molecule has 1 aromatic carbocycles. The summed E-state index contributed by atoms with van der Waals surface area (Å²) in [6.07, 6.45) is 6.85. The number of nitrogens with zero attached hydrogens (tertiary/aromatic N) is 1. The van der Waals surface area contributed by atoms with Crippen LogP contribution in [0, 0.1) is 13.8 Å². The van der Waals surface area contributed by atoms with Crippen LogP contribution in [0.25, 0.3) is 0 Å². The van der Waals surface area contributed by atoms with Gasteiger partial charge in [-0.2, -0.15) is 0 Å². The van der Waals surface area contributed by atoms with E-state index in [4.69, 9.17) is 9.26 Å². The van der Waals surface area contributed by atoms with E-state index in [1.165, 1.54) is 37.7 Å². The van der Waals surface area contributed by atoms with E-state index in [1.54, 1.807) is 0 Å². The van der Waals surface area contributed by atoms with Crippen molar-refractivity contribution in [1.29, 1.82) is 0 Å². The van der Waals surface area contributed by atoms with Gasteiger partial charge in [0.1, 0.15) is 5.76 Å². The van der Waals surface area contributed by atoms with Gasteiger partial charge in [-0.3, -0.25) is 0 Å². The summed E-state index contributed by atoms with van der Waals surface area (Å²) in [5, 5.41) is 7.44. The van der Waals surface area contributed by atoms with E-state index in [9.17, 15) is 0 Å². The van der Waals surface area contributed by atoms with Crippen LogP contribution in [0.15, 0.2) is 28.8 Å². The van der Waals surface area contributed by atoms with Gasteiger partial charge in [0.2, 0.25) is 0 Å². The van der Waals surface area contributed by atoms with E-state index in [2.05, 4.69) is 34.7 Å². The van der Waals surface area contributed by atoms with Crippen LogP contribution < -0.4 is 5.32 Å². The molecule has 0 bridgehead atoms. The predicted molar refractivity (Wildman–Crippen MR) is 91.4 cm³/mol. The molecule has 0 aliphatic heterocycles. The molecule has 1 aromatic heterocycles. The second kappa shape index (κ2) is 7.64. The highest BCUT2D eigenvalue weighted by molar-refractivity contribution is 5.46. The molecule has 1 aliphatic rings. The molecule has 0 atom stereocenters. The van der Waals surface area contributed by atoms with Crippen LogP contribution in [-0.2, 0) is 17.9 Å². The second-order valence-corrected chi connectivity index (χ2v) is 6.43. The van der Waals surface area contributed by atoms with Crippen molar-refractivity contribution >= 4 is 5.69 Å². The number of rotatable bonds is 6. The lowest BCUT2D eigenvalue weighted by Crippen LogP contribution is -2.16. The summed E-state index contributed by atoms with van der Waals surface area (Å²) >= 11 is 0. The number of nitrogens with one attached hydrogen (secondary N) is 1. The van der Waals surface area contributed by atoms with Crippen molar-refractivity contribution in [3.63, 3.8) is 0 Å². The van der Waals surface area contributed by atoms with Crippen LogP contribution >= 0.6 is 0 Å². The maximum Gasteiger partial charge on any atom is 0.138 e. The highest BCUT2D eigenvalue weighted by atomic mass is 16.5. The molecule has 1 heterocycles. The van der Waals surface area contributed by atoms with Crippen molar-refractivity contribution in [2.75, 3.05) is 5.32 Å². The quantitative estimate of drug-likeness (QED) is 0.835. The normalized spacial score (nSPS) is 15.7. The zero-order valence-corrected chi connectivity index (χ0v) is 14.1. The molecule has 4 nitrogen and oxygen atoms in total. The van der Waals surface area contributed by atoms with Crippen LogP contribution in [0.1, 0.15) is 54.7 Å². The van der Waals surface area contributed by atoms with Gasteiger partial charge in [-0.25, -0.2) is 0 Å². The summed E-state index contributed by atoms with van der Waals surface area (Å²) < 4.78 is 11.3. The Morgan fingerprint density at radius 3 is 2.78 bits per heavy atom. The Balaban J connectivity index is 1.54. The molecule has 3 rings (SSSR count). The summed E-state index contributed by atoms with van der Waals surface area (Å²) in [5.41, 5.74) is 4.41. The molecule has 23 heavy (non-hydrogen) atoms. The third kappa shape index (κ3) is 4.35. The summed E-state index contributed by atoms with van der Waals surface area (Å²) in [5.74, 6) is 0.881. The molecule has 1 saturated carbocycles. The zero-order valence-electron chi connectivity index (χ0n) is 14.1. The first kappa shape index (κ1) is 16.1. The van der Waals surface area contributed by atoms with Gasteiger partial charge >= 0.3 is 0 Å². The van der Waals surface area contributed by atoms with Gasteiger partial charge in [0.25, 0.3) is 0 Å². The number of benzene rings is 1. The van der Waals surface area contributed by atoms with Crippen molar-refractivity contribution in [1.82, 2.24) is 5.16 Å². The molecule has 2 aromatic rings. The van der Waals surface area contributed by atoms with Crippen LogP contribution in [0.3, 0.4) is 0 Å². The van der Waals surface area contributed by atoms with E-state index in [-0.39, 0.29) is 0 Å². The first-order chi connectivity index (χ1) is 11.2. The number of hydrogen-bond donors (Lipinski definition) is 1. The van der Waals surface area contributed by atoms with Crippen LogP contribution in [0.4, 0.5) is 5.69 Å². The molecule has 0 amide bonds. The topological polar surface area (TPSA) is 47.3 Å². The van der Waals surface area contributed by atoms with Gasteiger partial charge < -0.3 is 14.6 Å². The van der Waals surface area contributed by atoms with Gasteiger partial charge in [-0.15, -0.1) is 0 Å². The SMILES string of the molecule is Cc1noc(C)c1CNc1cccc(COC2CCCCC2)c1. The van der Waals surface area contributed by atoms with Gasteiger partial charge in [-0.1, -0.05) is 36.6 Å². The molecule has 4 heteroatoms. The maximum atomic E-state index is 6.06. The second-order valence-electron chi connectivity index (χ2n) is 6.43. The molecule has 1 aliphatic carbocycles. The molecule has 0 radical (unpaired) electrons. The Kier molecular flexibility index (Phi) is 5.34. The Morgan fingerprint density at radius 2 is 2.04 bits per heavy atom. The Bertz CT molecular complexity index is 611. The number of hydrogen-bond acceptors (Lipinski definition) is 4. The third-order valence-corrected chi connectivity index (χ3v) is 4.62. The lowest BCUT2D eigenvalue weighted by molar-refractivity contribution is 0.0169. The minimum Gasteiger partial charge on any atom is -0.381 e. The molecule has 124 valence electrons. The smallest absolute Gasteiger partial charge is 0.138 e. The fraction of sp³-hybridized carbons (Fsp3) is 0.526. The summed E-state index contributed by atoms with van der Waals surface area (Å²) in [6.45, 7) is 5.35. The van der Waals surface area contributed by atoms with Crippen molar-refractivity contribution in [3.05, 3.63) is 46.8 Å². The molecule has 0 unspecified atom stereocenters. The highest BCUT2D eigenvalue weighted by Crippen LogP contribution is 2.22. The monoisotopic (exact) mass is 314 g/mol. The first-order valence-corrected chi connectivity index (χ1v) is 8.58. The van der Waals surface area contributed by atoms with E-state index in [0.29, 0.717) is 12.7 Å². The fourth-order valence-corrected chi connectivity index (χ4v) is 3.16. The standard InChI is InChI=1S/C19H26N2O2/c1-14-19(15(2)23-21-14)12-20-17-8-6-7-16(11-17)13-22-18-9-4-3-5-10-18/h6-8,11,18,20H,3-5,9-10,12-13H2,1-2H3. The van der Waals surface area contributed by atoms with E-state index in [1.807, 2.05) is 13.8 Å². The van der Waals surface area contributed by atoms with Gasteiger partial charge in [0.15, 0.2) is 0 Å². The summed E-state index contributed by atoms with van der Waals surface area (Å²) in [7, 11) is 0. The Labute approximate surface area is 138 Å². The van der Waals surface area contributed by atoms with E-state index >= 15 is 0 Å². The number of anilines is 1. The minimum absolute atomic E-state index is 0.447. The third-order valence-electron chi connectivity index (χ3n) is 4.62. The Morgan fingerprint density at radius 1 is 1.22 bits per heavy atom. The van der Waals surface area contributed by atoms with Crippen molar-refractivity contribution in [2.45, 2.75) is 65.2 Å². The molecule has 0 spiro atoms. The van der Waals surface area contributed by atoms with Crippen molar-refractivity contribution in [3.8, 4) is 0 Å². The number of aryl methyl sites for hydroxylation is 2.